The molecular weight excluding hydrogens is 359 g/mol. The van der Waals surface area contributed by atoms with Crippen LogP contribution in [0.5, 0.6) is 0 Å². The SMILES string of the molecule is CCNCC1CCN(C(=O)C(Sc2ccccc2F)c2ccccc2)CC1. The molecule has 0 spiro atoms. The normalized spacial score (nSPS) is 16.3. The maximum absolute atomic E-state index is 14.2. The van der Waals surface area contributed by atoms with Crippen molar-refractivity contribution >= 4 is 17.7 Å². The predicted octanol–water partition coefficient (Wildman–Crippen LogP) is 4.51. The number of rotatable bonds is 7. The Hall–Kier alpha value is -1.85. The molecule has 1 unspecified atom stereocenters. The fourth-order valence-corrected chi connectivity index (χ4v) is 4.56. The smallest absolute Gasteiger partial charge is 0.240 e. The third kappa shape index (κ3) is 5.33. The van der Waals surface area contributed by atoms with Gasteiger partial charge in [0.2, 0.25) is 5.91 Å². The molecule has 2 aromatic rings. The number of amides is 1. The maximum atomic E-state index is 14.2. The summed E-state index contributed by atoms with van der Waals surface area (Å²) in [4.78, 5) is 15.8. The summed E-state index contributed by atoms with van der Waals surface area (Å²) < 4.78 is 14.2. The van der Waals surface area contributed by atoms with Crippen molar-refractivity contribution < 1.29 is 9.18 Å². The van der Waals surface area contributed by atoms with Crippen LogP contribution in [-0.4, -0.2) is 37.0 Å². The van der Waals surface area contributed by atoms with E-state index >= 15 is 0 Å². The minimum absolute atomic E-state index is 0.0800. The van der Waals surface area contributed by atoms with Crippen LogP contribution in [0.15, 0.2) is 59.5 Å². The second-order valence-electron chi connectivity index (χ2n) is 6.92. The van der Waals surface area contributed by atoms with Gasteiger partial charge in [-0.15, -0.1) is 11.8 Å². The summed E-state index contributed by atoms with van der Waals surface area (Å²) in [6.45, 7) is 5.66. The molecule has 2 aromatic carbocycles. The lowest BCUT2D eigenvalue weighted by molar-refractivity contribution is -0.132. The van der Waals surface area contributed by atoms with Crippen LogP contribution in [0.3, 0.4) is 0 Å². The Morgan fingerprint density at radius 3 is 2.48 bits per heavy atom. The molecule has 144 valence electrons. The molecule has 1 saturated heterocycles. The second-order valence-corrected chi connectivity index (χ2v) is 8.06. The molecule has 5 heteroatoms. The second kappa shape index (κ2) is 9.90. The molecule has 1 aliphatic rings. The molecular formula is C22H27FN2OS. The van der Waals surface area contributed by atoms with Gasteiger partial charge in [0.1, 0.15) is 11.1 Å². The Morgan fingerprint density at radius 2 is 1.81 bits per heavy atom. The lowest BCUT2D eigenvalue weighted by Crippen LogP contribution is -2.42. The van der Waals surface area contributed by atoms with E-state index in [4.69, 9.17) is 0 Å². The van der Waals surface area contributed by atoms with E-state index in [0.29, 0.717) is 10.8 Å². The Balaban J connectivity index is 1.73. The number of carbonyl (C=O) groups is 1. The number of piperidine rings is 1. The molecule has 0 radical (unpaired) electrons. The van der Waals surface area contributed by atoms with E-state index in [-0.39, 0.29) is 11.7 Å². The first-order valence-electron chi connectivity index (χ1n) is 9.64. The van der Waals surface area contributed by atoms with Crippen LogP contribution in [0, 0.1) is 11.7 Å². The lowest BCUT2D eigenvalue weighted by Gasteiger charge is -2.34. The van der Waals surface area contributed by atoms with Gasteiger partial charge in [0.15, 0.2) is 0 Å². The number of hydrogen-bond acceptors (Lipinski definition) is 3. The molecule has 1 N–H and O–H groups in total. The summed E-state index contributed by atoms with van der Waals surface area (Å²) >= 11 is 1.31. The summed E-state index contributed by atoms with van der Waals surface area (Å²) in [5, 5.41) is 2.98. The zero-order chi connectivity index (χ0) is 19.1. The summed E-state index contributed by atoms with van der Waals surface area (Å²) in [6.07, 6.45) is 2.04. The standard InChI is InChI=1S/C22H27FN2OS/c1-2-24-16-17-12-14-25(15-13-17)22(26)21(18-8-4-3-5-9-18)27-20-11-7-6-10-19(20)23/h3-11,17,21,24H,2,12-16H2,1H3. The third-order valence-corrected chi connectivity index (χ3v) is 6.31. The van der Waals surface area contributed by atoms with Gasteiger partial charge in [-0.05, 0) is 49.5 Å². The Kier molecular flexibility index (Phi) is 7.30. The lowest BCUT2D eigenvalue weighted by atomic mass is 9.96. The molecule has 1 amide bonds. The van der Waals surface area contributed by atoms with Crippen molar-refractivity contribution in [3.8, 4) is 0 Å². The fourth-order valence-electron chi connectivity index (χ4n) is 3.43. The molecule has 0 aliphatic carbocycles. The van der Waals surface area contributed by atoms with E-state index < -0.39 is 5.25 Å². The number of carbonyl (C=O) groups excluding carboxylic acids is 1. The van der Waals surface area contributed by atoms with Crippen LogP contribution in [0.1, 0.15) is 30.6 Å². The Morgan fingerprint density at radius 1 is 1.15 bits per heavy atom. The molecule has 0 saturated carbocycles. The number of thioether (sulfide) groups is 1. The van der Waals surface area contributed by atoms with Gasteiger partial charge < -0.3 is 10.2 Å². The zero-order valence-electron chi connectivity index (χ0n) is 15.7. The monoisotopic (exact) mass is 386 g/mol. The van der Waals surface area contributed by atoms with E-state index in [0.717, 1.165) is 44.6 Å². The van der Waals surface area contributed by atoms with E-state index in [9.17, 15) is 9.18 Å². The maximum Gasteiger partial charge on any atom is 0.240 e. The predicted molar refractivity (Wildman–Crippen MR) is 109 cm³/mol. The number of nitrogens with zero attached hydrogens (tertiary/aromatic N) is 1. The van der Waals surface area contributed by atoms with Crippen LogP contribution >= 0.6 is 11.8 Å². The highest BCUT2D eigenvalue weighted by atomic mass is 32.2. The summed E-state index contributed by atoms with van der Waals surface area (Å²) in [7, 11) is 0. The topological polar surface area (TPSA) is 32.3 Å². The van der Waals surface area contributed by atoms with Gasteiger partial charge in [-0.1, -0.05) is 49.4 Å². The summed E-state index contributed by atoms with van der Waals surface area (Å²) in [5.74, 6) is 0.431. The van der Waals surface area contributed by atoms with Crippen molar-refractivity contribution in [1.82, 2.24) is 10.2 Å². The quantitative estimate of drug-likeness (QED) is 0.711. The molecule has 3 rings (SSSR count). The molecule has 0 aromatic heterocycles. The Labute approximate surface area is 165 Å². The molecule has 3 nitrogen and oxygen atoms in total. The van der Waals surface area contributed by atoms with Crippen LogP contribution in [-0.2, 0) is 4.79 Å². The number of benzene rings is 2. The molecule has 1 atom stereocenters. The van der Waals surface area contributed by atoms with E-state index in [1.807, 2.05) is 41.3 Å². The zero-order valence-corrected chi connectivity index (χ0v) is 16.6. The number of nitrogens with one attached hydrogen (secondary N) is 1. The highest BCUT2D eigenvalue weighted by Crippen LogP contribution is 2.38. The third-order valence-electron chi connectivity index (χ3n) is 5.02. The number of halogens is 1. The van der Waals surface area contributed by atoms with Crippen molar-refractivity contribution in [1.29, 1.82) is 0 Å². The Bertz CT molecular complexity index is 732. The van der Waals surface area contributed by atoms with E-state index in [1.54, 1.807) is 12.1 Å². The van der Waals surface area contributed by atoms with Crippen LogP contribution < -0.4 is 5.32 Å². The average Bonchev–Trinajstić information content (AvgIpc) is 2.72. The highest BCUT2D eigenvalue weighted by Gasteiger charge is 2.30. The van der Waals surface area contributed by atoms with E-state index in [1.165, 1.54) is 17.8 Å². The number of hydrogen-bond donors (Lipinski definition) is 1. The van der Waals surface area contributed by atoms with Crippen molar-refractivity contribution in [2.75, 3.05) is 26.2 Å². The molecule has 0 bridgehead atoms. The largest absolute Gasteiger partial charge is 0.341 e. The van der Waals surface area contributed by atoms with Crippen molar-refractivity contribution in [2.45, 2.75) is 29.9 Å². The van der Waals surface area contributed by atoms with Gasteiger partial charge >= 0.3 is 0 Å². The molecule has 1 aliphatic heterocycles. The average molecular weight is 387 g/mol. The molecule has 1 heterocycles. The minimum atomic E-state index is -0.423. The van der Waals surface area contributed by atoms with Gasteiger partial charge in [-0.25, -0.2) is 4.39 Å². The van der Waals surface area contributed by atoms with Crippen LogP contribution in [0.4, 0.5) is 4.39 Å². The fraction of sp³-hybridized carbons (Fsp3) is 0.409. The number of likely N-dealkylation sites (tertiary alicyclic amines) is 1. The van der Waals surface area contributed by atoms with Gasteiger partial charge in [0, 0.05) is 18.0 Å². The first-order chi connectivity index (χ1) is 13.2. The van der Waals surface area contributed by atoms with Crippen molar-refractivity contribution in [3.63, 3.8) is 0 Å². The first-order valence-corrected chi connectivity index (χ1v) is 10.5. The highest BCUT2D eigenvalue weighted by molar-refractivity contribution is 8.00. The molecule has 1 fully saturated rings. The minimum Gasteiger partial charge on any atom is -0.341 e. The van der Waals surface area contributed by atoms with Crippen molar-refractivity contribution in [2.24, 2.45) is 5.92 Å². The van der Waals surface area contributed by atoms with Gasteiger partial charge in [0.05, 0.1) is 0 Å². The van der Waals surface area contributed by atoms with Crippen molar-refractivity contribution in [3.05, 3.63) is 66.0 Å². The van der Waals surface area contributed by atoms with E-state index in [2.05, 4.69) is 12.2 Å². The van der Waals surface area contributed by atoms with Gasteiger partial charge in [0.25, 0.3) is 0 Å². The van der Waals surface area contributed by atoms with Gasteiger partial charge in [-0.3, -0.25) is 4.79 Å². The van der Waals surface area contributed by atoms with Crippen LogP contribution in [0.2, 0.25) is 0 Å². The summed E-state index contributed by atoms with van der Waals surface area (Å²) in [5.41, 5.74) is 0.922. The van der Waals surface area contributed by atoms with Gasteiger partial charge in [-0.2, -0.15) is 0 Å². The summed E-state index contributed by atoms with van der Waals surface area (Å²) in [6, 6.07) is 16.4. The molecule has 27 heavy (non-hydrogen) atoms. The first kappa shape index (κ1) is 19.9. The van der Waals surface area contributed by atoms with Crippen LogP contribution in [0.25, 0.3) is 0 Å².